The molecule has 0 unspecified atom stereocenters. The van der Waals surface area contributed by atoms with Crippen LogP contribution in [0.25, 0.3) is 11.1 Å². The van der Waals surface area contributed by atoms with Crippen molar-refractivity contribution in [1.29, 1.82) is 0 Å². The Labute approximate surface area is 103 Å². The van der Waals surface area contributed by atoms with Crippen molar-refractivity contribution in [1.82, 2.24) is 4.57 Å². The Morgan fingerprint density at radius 1 is 1.12 bits per heavy atom. The van der Waals surface area contributed by atoms with Crippen LogP contribution in [-0.2, 0) is 13.6 Å². The van der Waals surface area contributed by atoms with Gasteiger partial charge in [0.05, 0.1) is 0 Å². The van der Waals surface area contributed by atoms with Gasteiger partial charge in [-0.1, -0.05) is 38.1 Å². The normalized spacial score (nSPS) is 11.1. The van der Waals surface area contributed by atoms with Crippen LogP contribution in [0.5, 0.6) is 0 Å². The van der Waals surface area contributed by atoms with Crippen LogP contribution in [0.15, 0.2) is 36.5 Å². The van der Waals surface area contributed by atoms with Crippen LogP contribution < -0.4 is 5.73 Å². The summed E-state index contributed by atoms with van der Waals surface area (Å²) in [4.78, 5) is 0. The summed E-state index contributed by atoms with van der Waals surface area (Å²) in [7, 11) is 2.04. The number of hydrogen-bond donors (Lipinski definition) is 1. The van der Waals surface area contributed by atoms with Gasteiger partial charge >= 0.3 is 0 Å². The molecule has 0 atom stereocenters. The molecule has 0 aliphatic rings. The molecule has 2 rings (SSSR count). The van der Waals surface area contributed by atoms with E-state index in [0.717, 1.165) is 5.69 Å². The first kappa shape index (κ1) is 11.9. The van der Waals surface area contributed by atoms with E-state index in [1.807, 2.05) is 7.05 Å². The lowest BCUT2D eigenvalue weighted by molar-refractivity contribution is 0.824. The van der Waals surface area contributed by atoms with Gasteiger partial charge in [0.15, 0.2) is 0 Å². The summed E-state index contributed by atoms with van der Waals surface area (Å²) in [5.74, 6) is 0.583. The summed E-state index contributed by atoms with van der Waals surface area (Å²) in [5, 5.41) is 0. The number of benzene rings is 1. The van der Waals surface area contributed by atoms with Crippen molar-refractivity contribution in [2.45, 2.75) is 26.3 Å². The first-order valence-electron chi connectivity index (χ1n) is 6.07. The lowest BCUT2D eigenvalue weighted by Gasteiger charge is -2.05. The molecule has 0 saturated heterocycles. The van der Waals surface area contributed by atoms with Gasteiger partial charge in [0.25, 0.3) is 0 Å². The van der Waals surface area contributed by atoms with Gasteiger partial charge in [-0.3, -0.25) is 0 Å². The first-order valence-corrected chi connectivity index (χ1v) is 6.07. The number of nitrogens with two attached hydrogens (primary N) is 1. The van der Waals surface area contributed by atoms with Gasteiger partial charge in [-0.2, -0.15) is 0 Å². The van der Waals surface area contributed by atoms with Gasteiger partial charge < -0.3 is 10.3 Å². The molecule has 0 radical (unpaired) electrons. The van der Waals surface area contributed by atoms with Crippen LogP contribution in [0.4, 0.5) is 0 Å². The smallest absolute Gasteiger partial charge is 0.0334 e. The number of hydrogen-bond acceptors (Lipinski definition) is 1. The molecule has 0 fully saturated rings. The van der Waals surface area contributed by atoms with Crippen LogP contribution in [0.3, 0.4) is 0 Å². The predicted octanol–water partition coefficient (Wildman–Crippen LogP) is 3.27. The summed E-state index contributed by atoms with van der Waals surface area (Å²) in [6.45, 7) is 5.01. The van der Waals surface area contributed by atoms with Crippen LogP contribution in [0, 0.1) is 0 Å². The fourth-order valence-electron chi connectivity index (χ4n) is 2.03. The van der Waals surface area contributed by atoms with Crippen LogP contribution in [0.1, 0.15) is 31.0 Å². The van der Waals surface area contributed by atoms with Gasteiger partial charge in [-0.05, 0) is 28.7 Å². The van der Waals surface area contributed by atoms with Gasteiger partial charge in [0.2, 0.25) is 0 Å². The third-order valence-electron chi connectivity index (χ3n) is 3.23. The second-order valence-electron chi connectivity index (χ2n) is 4.81. The summed E-state index contributed by atoms with van der Waals surface area (Å²) < 4.78 is 2.09. The van der Waals surface area contributed by atoms with Crippen molar-refractivity contribution >= 4 is 0 Å². The van der Waals surface area contributed by atoms with Gasteiger partial charge in [0, 0.05) is 25.5 Å². The zero-order valence-electron chi connectivity index (χ0n) is 10.8. The van der Waals surface area contributed by atoms with Crippen LogP contribution in [-0.4, -0.2) is 4.57 Å². The summed E-state index contributed by atoms with van der Waals surface area (Å²) >= 11 is 0. The first-order chi connectivity index (χ1) is 8.11. The lowest BCUT2D eigenvalue weighted by Crippen LogP contribution is -2.01. The van der Waals surface area contributed by atoms with Crippen molar-refractivity contribution in [2.75, 3.05) is 0 Å². The molecule has 0 aliphatic heterocycles. The van der Waals surface area contributed by atoms with E-state index in [1.54, 1.807) is 0 Å². The van der Waals surface area contributed by atoms with Crippen LogP contribution in [0.2, 0.25) is 0 Å². The average molecular weight is 228 g/mol. The molecule has 1 aromatic carbocycles. The zero-order valence-corrected chi connectivity index (χ0v) is 10.8. The van der Waals surface area contributed by atoms with E-state index >= 15 is 0 Å². The van der Waals surface area contributed by atoms with Crippen molar-refractivity contribution in [3.63, 3.8) is 0 Å². The van der Waals surface area contributed by atoms with E-state index in [1.165, 1.54) is 16.7 Å². The highest BCUT2D eigenvalue weighted by Gasteiger charge is 2.05. The lowest BCUT2D eigenvalue weighted by atomic mass is 10.00. The Hall–Kier alpha value is -1.54. The Morgan fingerprint density at radius 3 is 2.24 bits per heavy atom. The number of aromatic nitrogens is 1. The molecular formula is C15H20N2. The SMILES string of the molecule is CC(C)c1ccc(-c2cc(CN)n(C)c2)cc1. The molecule has 2 nitrogen and oxygen atoms in total. The second kappa shape index (κ2) is 4.76. The van der Waals surface area contributed by atoms with Gasteiger partial charge in [-0.25, -0.2) is 0 Å². The molecular weight excluding hydrogens is 208 g/mol. The molecule has 17 heavy (non-hydrogen) atoms. The third kappa shape index (κ3) is 2.42. The molecule has 2 aromatic rings. The minimum atomic E-state index is 0.583. The number of aryl methyl sites for hydroxylation is 1. The minimum Gasteiger partial charge on any atom is -0.353 e. The fourth-order valence-corrected chi connectivity index (χ4v) is 2.03. The quantitative estimate of drug-likeness (QED) is 0.858. The minimum absolute atomic E-state index is 0.583. The largest absolute Gasteiger partial charge is 0.353 e. The van der Waals surface area contributed by atoms with Gasteiger partial charge in [0.1, 0.15) is 0 Å². The van der Waals surface area contributed by atoms with Crippen molar-refractivity contribution in [3.8, 4) is 11.1 Å². The molecule has 1 aromatic heterocycles. The molecule has 0 amide bonds. The Balaban J connectivity index is 2.33. The molecule has 0 spiro atoms. The predicted molar refractivity (Wildman–Crippen MR) is 72.8 cm³/mol. The maximum Gasteiger partial charge on any atom is 0.0334 e. The molecule has 2 heteroatoms. The van der Waals surface area contributed by atoms with E-state index in [2.05, 4.69) is 54.9 Å². The topological polar surface area (TPSA) is 30.9 Å². The Bertz CT molecular complexity index is 492. The maximum atomic E-state index is 5.69. The van der Waals surface area contributed by atoms with Gasteiger partial charge in [-0.15, -0.1) is 0 Å². The van der Waals surface area contributed by atoms with E-state index in [0.29, 0.717) is 12.5 Å². The number of nitrogens with zero attached hydrogens (tertiary/aromatic N) is 1. The van der Waals surface area contributed by atoms with E-state index in [9.17, 15) is 0 Å². The molecule has 0 bridgehead atoms. The zero-order chi connectivity index (χ0) is 12.4. The standard InChI is InChI=1S/C15H20N2/c1-11(2)12-4-6-13(7-5-12)14-8-15(9-16)17(3)10-14/h4-8,10-11H,9,16H2,1-3H3. The highest BCUT2D eigenvalue weighted by Crippen LogP contribution is 2.24. The Morgan fingerprint density at radius 2 is 1.76 bits per heavy atom. The van der Waals surface area contributed by atoms with E-state index in [-0.39, 0.29) is 0 Å². The third-order valence-corrected chi connectivity index (χ3v) is 3.23. The molecule has 2 N–H and O–H groups in total. The van der Waals surface area contributed by atoms with E-state index in [4.69, 9.17) is 5.73 Å². The fraction of sp³-hybridized carbons (Fsp3) is 0.333. The highest BCUT2D eigenvalue weighted by atomic mass is 14.9. The monoisotopic (exact) mass is 228 g/mol. The summed E-state index contributed by atoms with van der Waals surface area (Å²) in [5.41, 5.74) is 10.7. The Kier molecular flexibility index (Phi) is 3.34. The van der Waals surface area contributed by atoms with Crippen molar-refractivity contribution in [3.05, 3.63) is 47.8 Å². The maximum absolute atomic E-state index is 5.69. The number of rotatable bonds is 3. The summed E-state index contributed by atoms with van der Waals surface area (Å²) in [6.07, 6.45) is 2.13. The summed E-state index contributed by atoms with van der Waals surface area (Å²) in [6, 6.07) is 10.9. The highest BCUT2D eigenvalue weighted by molar-refractivity contribution is 5.64. The molecule has 1 heterocycles. The van der Waals surface area contributed by atoms with Crippen LogP contribution >= 0.6 is 0 Å². The molecule has 90 valence electrons. The molecule has 0 saturated carbocycles. The van der Waals surface area contributed by atoms with Crippen molar-refractivity contribution in [2.24, 2.45) is 12.8 Å². The molecule has 0 aliphatic carbocycles. The average Bonchev–Trinajstić information content (AvgIpc) is 2.70. The second-order valence-corrected chi connectivity index (χ2v) is 4.81. The van der Waals surface area contributed by atoms with E-state index < -0.39 is 0 Å². The van der Waals surface area contributed by atoms with Crippen molar-refractivity contribution < 1.29 is 0 Å².